The second-order valence-corrected chi connectivity index (χ2v) is 6.46. The first-order chi connectivity index (χ1) is 8.44. The van der Waals surface area contributed by atoms with E-state index in [2.05, 4.69) is 23.4 Å². The molecule has 0 spiro atoms. The van der Waals surface area contributed by atoms with Gasteiger partial charge in [-0.2, -0.15) is 11.8 Å². The molecule has 0 aromatic heterocycles. The lowest BCUT2D eigenvalue weighted by Gasteiger charge is -2.23. The van der Waals surface area contributed by atoms with Crippen molar-refractivity contribution < 1.29 is 5.21 Å². The monoisotopic (exact) mass is 275 g/mol. The molecule has 3 N–H and O–H groups in total. The van der Waals surface area contributed by atoms with E-state index in [0.717, 1.165) is 25.8 Å². The number of thioether (sulfide) groups is 1. The number of hydrogen-bond acceptors (Lipinski definition) is 4. The molecule has 0 atom stereocenters. The van der Waals surface area contributed by atoms with Crippen LogP contribution in [0.25, 0.3) is 0 Å². The Kier molecular flexibility index (Phi) is 9.28. The Morgan fingerprint density at radius 2 is 1.89 bits per heavy atom. The smallest absolute Gasteiger partial charge is 0.144 e. The van der Waals surface area contributed by atoms with Crippen LogP contribution in [0.5, 0.6) is 0 Å². The molecular formula is C13H29N3OS. The van der Waals surface area contributed by atoms with Gasteiger partial charge in [-0.1, -0.05) is 25.4 Å². The van der Waals surface area contributed by atoms with Crippen LogP contribution >= 0.6 is 11.8 Å². The average molecular weight is 275 g/mol. The molecule has 0 bridgehead atoms. The van der Waals surface area contributed by atoms with Gasteiger partial charge in [0.15, 0.2) is 0 Å². The van der Waals surface area contributed by atoms with E-state index in [1.165, 1.54) is 18.7 Å². The van der Waals surface area contributed by atoms with Crippen LogP contribution in [-0.2, 0) is 0 Å². The number of nitrogens with two attached hydrogens (primary N) is 1. The fraction of sp³-hybridized carbons (Fsp3) is 0.923. The molecule has 0 heterocycles. The molecule has 0 fully saturated rings. The quantitative estimate of drug-likeness (QED) is 0.211. The Morgan fingerprint density at radius 3 is 2.44 bits per heavy atom. The van der Waals surface area contributed by atoms with Gasteiger partial charge in [0.2, 0.25) is 0 Å². The predicted octanol–water partition coefficient (Wildman–Crippen LogP) is 2.61. The number of hydrogen-bond donors (Lipinski definition) is 2. The van der Waals surface area contributed by atoms with E-state index in [4.69, 9.17) is 10.9 Å². The van der Waals surface area contributed by atoms with Gasteiger partial charge in [0.1, 0.15) is 5.84 Å². The second kappa shape index (κ2) is 9.50. The van der Waals surface area contributed by atoms with Crippen LogP contribution in [0, 0.1) is 5.41 Å². The fourth-order valence-corrected chi connectivity index (χ4v) is 2.22. The second-order valence-electron chi connectivity index (χ2n) is 5.48. The Balaban J connectivity index is 3.67. The van der Waals surface area contributed by atoms with Crippen LogP contribution in [-0.4, -0.2) is 48.1 Å². The summed E-state index contributed by atoms with van der Waals surface area (Å²) >= 11 is 1.90. The normalized spacial score (nSPS) is 13.3. The van der Waals surface area contributed by atoms with Gasteiger partial charge in [-0.3, -0.25) is 0 Å². The van der Waals surface area contributed by atoms with Gasteiger partial charge in [-0.15, -0.1) is 0 Å². The Hall–Kier alpha value is -0.420. The standard InChI is InChI=1S/C13H29N3OS/c1-13(2,12(14)15-17)8-5-6-9-16(3)10-7-11-18-4/h17H,5-11H2,1-4H3,(H2,14,15). The van der Waals surface area contributed by atoms with Gasteiger partial charge < -0.3 is 15.8 Å². The first kappa shape index (κ1) is 17.6. The van der Waals surface area contributed by atoms with Crippen molar-refractivity contribution in [3.05, 3.63) is 0 Å². The summed E-state index contributed by atoms with van der Waals surface area (Å²) in [4.78, 5) is 2.38. The van der Waals surface area contributed by atoms with E-state index >= 15 is 0 Å². The van der Waals surface area contributed by atoms with E-state index in [1.54, 1.807) is 0 Å². The summed E-state index contributed by atoms with van der Waals surface area (Å²) < 4.78 is 0. The maximum atomic E-state index is 8.69. The summed E-state index contributed by atoms with van der Waals surface area (Å²) in [6, 6.07) is 0. The molecule has 0 aromatic rings. The van der Waals surface area contributed by atoms with E-state index in [-0.39, 0.29) is 5.41 Å². The molecule has 0 amide bonds. The molecule has 0 saturated heterocycles. The van der Waals surface area contributed by atoms with Gasteiger partial charge >= 0.3 is 0 Å². The molecule has 0 aliphatic rings. The van der Waals surface area contributed by atoms with Crippen LogP contribution in [0.3, 0.4) is 0 Å². The molecule has 4 nitrogen and oxygen atoms in total. The predicted molar refractivity (Wildman–Crippen MR) is 81.5 cm³/mol. The van der Waals surface area contributed by atoms with Crippen molar-refractivity contribution in [1.29, 1.82) is 0 Å². The fourth-order valence-electron chi connectivity index (χ4n) is 1.80. The topological polar surface area (TPSA) is 61.8 Å². The first-order valence-electron chi connectivity index (χ1n) is 6.59. The minimum atomic E-state index is -0.202. The molecular weight excluding hydrogens is 246 g/mol. The summed E-state index contributed by atoms with van der Waals surface area (Å²) in [5.74, 6) is 1.57. The minimum Gasteiger partial charge on any atom is -0.409 e. The highest BCUT2D eigenvalue weighted by Gasteiger charge is 2.22. The largest absolute Gasteiger partial charge is 0.409 e. The van der Waals surface area contributed by atoms with Gasteiger partial charge in [-0.05, 0) is 51.4 Å². The van der Waals surface area contributed by atoms with Gasteiger partial charge in [0.25, 0.3) is 0 Å². The molecule has 0 aliphatic carbocycles. The summed E-state index contributed by atoms with van der Waals surface area (Å²) in [5.41, 5.74) is 5.46. The molecule has 0 aliphatic heterocycles. The van der Waals surface area contributed by atoms with Crippen LogP contribution in [0.4, 0.5) is 0 Å². The Labute approximate surface area is 116 Å². The van der Waals surface area contributed by atoms with Crippen molar-refractivity contribution in [2.45, 2.75) is 39.5 Å². The third kappa shape index (κ3) is 7.82. The molecule has 0 unspecified atom stereocenters. The van der Waals surface area contributed by atoms with Crippen molar-refractivity contribution in [3.63, 3.8) is 0 Å². The number of oxime groups is 1. The molecule has 5 heteroatoms. The summed E-state index contributed by atoms with van der Waals surface area (Å²) in [6.07, 6.45) is 6.64. The number of rotatable bonds is 10. The van der Waals surface area contributed by atoms with E-state index in [0.29, 0.717) is 5.84 Å². The summed E-state index contributed by atoms with van der Waals surface area (Å²) in [6.45, 7) is 6.33. The third-order valence-electron chi connectivity index (χ3n) is 3.28. The molecule has 0 radical (unpaired) electrons. The van der Waals surface area contributed by atoms with Crippen LogP contribution in [0.2, 0.25) is 0 Å². The highest BCUT2D eigenvalue weighted by molar-refractivity contribution is 7.98. The summed E-state index contributed by atoms with van der Waals surface area (Å²) in [5, 5.41) is 11.8. The zero-order valence-corrected chi connectivity index (χ0v) is 13.1. The molecule has 18 heavy (non-hydrogen) atoms. The van der Waals surface area contributed by atoms with Crippen LogP contribution < -0.4 is 5.73 Å². The van der Waals surface area contributed by atoms with Gasteiger partial charge in [-0.25, -0.2) is 0 Å². The highest BCUT2D eigenvalue weighted by atomic mass is 32.2. The first-order valence-corrected chi connectivity index (χ1v) is 7.99. The Morgan fingerprint density at radius 1 is 1.28 bits per heavy atom. The lowest BCUT2D eigenvalue weighted by atomic mass is 9.86. The van der Waals surface area contributed by atoms with E-state index in [1.807, 2.05) is 25.6 Å². The van der Waals surface area contributed by atoms with Crippen molar-refractivity contribution in [3.8, 4) is 0 Å². The minimum absolute atomic E-state index is 0.202. The lowest BCUT2D eigenvalue weighted by Crippen LogP contribution is -2.32. The zero-order valence-electron chi connectivity index (χ0n) is 12.3. The number of amidine groups is 1. The highest BCUT2D eigenvalue weighted by Crippen LogP contribution is 2.23. The maximum Gasteiger partial charge on any atom is 0.144 e. The third-order valence-corrected chi connectivity index (χ3v) is 3.98. The van der Waals surface area contributed by atoms with Crippen molar-refractivity contribution >= 4 is 17.6 Å². The SMILES string of the molecule is CSCCCN(C)CCCCC(C)(C)C(N)=NO. The number of unbranched alkanes of at least 4 members (excludes halogenated alkanes) is 1. The zero-order chi connectivity index (χ0) is 14.0. The Bertz CT molecular complexity index is 244. The maximum absolute atomic E-state index is 8.69. The van der Waals surface area contributed by atoms with E-state index < -0.39 is 0 Å². The molecule has 0 rings (SSSR count). The van der Waals surface area contributed by atoms with Crippen LogP contribution in [0.15, 0.2) is 5.16 Å². The van der Waals surface area contributed by atoms with Crippen LogP contribution in [0.1, 0.15) is 39.5 Å². The molecule has 108 valence electrons. The van der Waals surface area contributed by atoms with Crippen molar-refractivity contribution in [1.82, 2.24) is 4.90 Å². The summed E-state index contributed by atoms with van der Waals surface area (Å²) in [7, 11) is 2.18. The molecule has 0 aromatic carbocycles. The average Bonchev–Trinajstić information content (AvgIpc) is 2.34. The van der Waals surface area contributed by atoms with Gasteiger partial charge in [0, 0.05) is 5.41 Å². The van der Waals surface area contributed by atoms with Gasteiger partial charge in [0.05, 0.1) is 0 Å². The number of nitrogens with zero attached hydrogens (tertiary/aromatic N) is 2. The lowest BCUT2D eigenvalue weighted by molar-refractivity contribution is 0.298. The van der Waals surface area contributed by atoms with Crippen molar-refractivity contribution in [2.75, 3.05) is 32.1 Å². The van der Waals surface area contributed by atoms with Crippen molar-refractivity contribution in [2.24, 2.45) is 16.3 Å². The molecule has 0 saturated carbocycles. The van der Waals surface area contributed by atoms with E-state index in [9.17, 15) is 0 Å².